The summed E-state index contributed by atoms with van der Waals surface area (Å²) in [5.74, 6) is 1.14. The summed E-state index contributed by atoms with van der Waals surface area (Å²) in [6.45, 7) is 0. The number of rotatable bonds is 1. The summed E-state index contributed by atoms with van der Waals surface area (Å²) in [7, 11) is -2.90. The van der Waals surface area contributed by atoms with Crippen LogP contribution in [0.2, 0.25) is 5.15 Å². The quantitative estimate of drug-likeness (QED) is 0.744. The molecule has 1 unspecified atom stereocenters. The minimum absolute atomic E-state index is 0.0394. The average molecular weight is 271 g/mol. The van der Waals surface area contributed by atoms with Gasteiger partial charge in [-0.1, -0.05) is 17.7 Å². The van der Waals surface area contributed by atoms with Gasteiger partial charge in [-0.3, -0.25) is 4.40 Å². The molecule has 3 rings (SSSR count). The summed E-state index contributed by atoms with van der Waals surface area (Å²) >= 11 is 6.13. The van der Waals surface area contributed by atoms with E-state index in [-0.39, 0.29) is 17.4 Å². The van der Waals surface area contributed by atoms with E-state index < -0.39 is 9.84 Å². The van der Waals surface area contributed by atoms with Crippen LogP contribution in [0, 0.1) is 0 Å². The first-order valence-electron chi connectivity index (χ1n) is 5.39. The molecule has 1 fully saturated rings. The fourth-order valence-corrected chi connectivity index (χ4v) is 4.31. The summed E-state index contributed by atoms with van der Waals surface area (Å²) in [6.07, 6.45) is 2.36. The molecule has 2 aromatic heterocycles. The van der Waals surface area contributed by atoms with Crippen LogP contribution in [0.3, 0.4) is 0 Å². The molecule has 1 atom stereocenters. The second-order valence-electron chi connectivity index (χ2n) is 4.33. The van der Waals surface area contributed by atoms with Gasteiger partial charge < -0.3 is 0 Å². The summed E-state index contributed by atoms with van der Waals surface area (Å²) in [5, 5.41) is 0.569. The van der Waals surface area contributed by atoms with E-state index >= 15 is 0 Å². The smallest absolute Gasteiger partial charge is 0.151 e. The highest BCUT2D eigenvalue weighted by atomic mass is 35.5. The Morgan fingerprint density at radius 3 is 2.94 bits per heavy atom. The van der Waals surface area contributed by atoms with E-state index in [2.05, 4.69) is 4.98 Å². The van der Waals surface area contributed by atoms with Crippen molar-refractivity contribution < 1.29 is 8.42 Å². The van der Waals surface area contributed by atoms with Gasteiger partial charge in [-0.2, -0.15) is 0 Å². The molecule has 1 aliphatic heterocycles. The minimum Gasteiger partial charge on any atom is -0.287 e. The minimum atomic E-state index is -2.90. The van der Waals surface area contributed by atoms with Crippen molar-refractivity contribution in [2.24, 2.45) is 0 Å². The Bertz CT molecular complexity index is 678. The van der Waals surface area contributed by atoms with E-state index in [0.29, 0.717) is 11.6 Å². The molecule has 0 saturated carbocycles. The summed E-state index contributed by atoms with van der Waals surface area (Å²) in [5.41, 5.74) is 0.900. The summed E-state index contributed by atoms with van der Waals surface area (Å²) in [4.78, 5) is 4.32. The lowest BCUT2D eigenvalue weighted by Gasteiger charge is -2.08. The third-order valence-electron chi connectivity index (χ3n) is 3.13. The second-order valence-corrected chi connectivity index (χ2v) is 6.94. The Kier molecular flexibility index (Phi) is 2.41. The van der Waals surface area contributed by atoms with E-state index in [9.17, 15) is 8.42 Å². The van der Waals surface area contributed by atoms with Gasteiger partial charge in [-0.25, -0.2) is 13.4 Å². The van der Waals surface area contributed by atoms with Crippen LogP contribution in [-0.4, -0.2) is 29.3 Å². The largest absolute Gasteiger partial charge is 0.287 e. The van der Waals surface area contributed by atoms with Crippen LogP contribution in [0.5, 0.6) is 0 Å². The molecule has 17 heavy (non-hydrogen) atoms. The van der Waals surface area contributed by atoms with Crippen molar-refractivity contribution in [2.45, 2.75) is 12.3 Å². The Hall–Kier alpha value is -1.07. The molecule has 0 aromatic carbocycles. The lowest BCUT2D eigenvalue weighted by atomic mass is 10.1. The number of sulfone groups is 1. The van der Waals surface area contributed by atoms with Crippen molar-refractivity contribution in [2.75, 3.05) is 11.5 Å². The highest BCUT2D eigenvalue weighted by molar-refractivity contribution is 7.91. The standard InChI is InChI=1S/C11H11ClN2O2S/c12-10-3-1-2-9-6-13-11(14(9)10)8-4-5-17(15,16)7-8/h1-3,6,8H,4-5,7H2. The SMILES string of the molecule is O=S1(=O)CCC(c2ncc3cccc(Cl)n23)C1. The van der Waals surface area contributed by atoms with Gasteiger partial charge in [0.25, 0.3) is 0 Å². The Morgan fingerprint density at radius 1 is 1.41 bits per heavy atom. The van der Waals surface area contributed by atoms with E-state index in [1.165, 1.54) is 0 Å². The zero-order valence-corrected chi connectivity index (χ0v) is 10.6. The molecule has 4 nitrogen and oxygen atoms in total. The maximum Gasteiger partial charge on any atom is 0.151 e. The molecule has 0 N–H and O–H groups in total. The van der Waals surface area contributed by atoms with Gasteiger partial charge >= 0.3 is 0 Å². The molecular formula is C11H11ClN2O2S. The first-order valence-corrected chi connectivity index (χ1v) is 7.59. The monoisotopic (exact) mass is 270 g/mol. The molecular weight excluding hydrogens is 260 g/mol. The fraction of sp³-hybridized carbons (Fsp3) is 0.364. The molecule has 0 bridgehead atoms. The number of pyridine rings is 1. The number of imidazole rings is 1. The van der Waals surface area contributed by atoms with Crippen LogP contribution in [0.25, 0.3) is 5.52 Å². The number of fused-ring (bicyclic) bond motifs is 1. The molecule has 0 radical (unpaired) electrons. The predicted molar refractivity (Wildman–Crippen MR) is 66.2 cm³/mol. The average Bonchev–Trinajstić information content (AvgIpc) is 2.82. The third-order valence-corrected chi connectivity index (χ3v) is 5.19. The van der Waals surface area contributed by atoms with Crippen LogP contribution in [0.4, 0.5) is 0 Å². The van der Waals surface area contributed by atoms with E-state index in [0.717, 1.165) is 11.3 Å². The van der Waals surface area contributed by atoms with Crippen molar-refractivity contribution >= 4 is 27.0 Å². The Labute approximate surface area is 104 Å². The lowest BCUT2D eigenvalue weighted by Crippen LogP contribution is -2.07. The third kappa shape index (κ3) is 1.83. The number of hydrogen-bond acceptors (Lipinski definition) is 3. The maximum atomic E-state index is 11.5. The fourth-order valence-electron chi connectivity index (χ4n) is 2.32. The number of halogens is 1. The van der Waals surface area contributed by atoms with Gasteiger partial charge in [0.2, 0.25) is 0 Å². The summed E-state index contributed by atoms with van der Waals surface area (Å²) < 4.78 is 24.8. The zero-order valence-electron chi connectivity index (χ0n) is 9.01. The molecule has 1 saturated heterocycles. The molecule has 2 aromatic rings. The maximum absolute atomic E-state index is 11.5. The van der Waals surface area contributed by atoms with Gasteiger partial charge in [-0.05, 0) is 18.6 Å². The predicted octanol–water partition coefficient (Wildman–Crippen LogP) is 1.89. The first kappa shape index (κ1) is 11.0. The van der Waals surface area contributed by atoms with Gasteiger partial charge in [0.15, 0.2) is 9.84 Å². The molecule has 0 aliphatic carbocycles. The van der Waals surface area contributed by atoms with Crippen LogP contribution in [0.1, 0.15) is 18.2 Å². The van der Waals surface area contributed by atoms with Crippen molar-refractivity contribution in [3.63, 3.8) is 0 Å². The number of aromatic nitrogens is 2. The van der Waals surface area contributed by atoms with Gasteiger partial charge in [0.05, 0.1) is 23.2 Å². The van der Waals surface area contributed by atoms with Crippen LogP contribution in [0.15, 0.2) is 24.4 Å². The van der Waals surface area contributed by atoms with E-state index in [1.807, 2.05) is 16.5 Å². The van der Waals surface area contributed by atoms with Crippen molar-refractivity contribution in [1.29, 1.82) is 0 Å². The van der Waals surface area contributed by atoms with Crippen molar-refractivity contribution in [1.82, 2.24) is 9.38 Å². The van der Waals surface area contributed by atoms with Gasteiger partial charge in [-0.15, -0.1) is 0 Å². The van der Waals surface area contributed by atoms with Crippen LogP contribution >= 0.6 is 11.6 Å². The van der Waals surface area contributed by atoms with E-state index in [4.69, 9.17) is 11.6 Å². The van der Waals surface area contributed by atoms with Gasteiger partial charge in [0.1, 0.15) is 11.0 Å². The number of nitrogens with zero attached hydrogens (tertiary/aromatic N) is 2. The molecule has 1 aliphatic rings. The lowest BCUT2D eigenvalue weighted by molar-refractivity contribution is 0.601. The molecule has 6 heteroatoms. The molecule has 0 spiro atoms. The molecule has 0 amide bonds. The van der Waals surface area contributed by atoms with Crippen LogP contribution < -0.4 is 0 Å². The van der Waals surface area contributed by atoms with E-state index in [1.54, 1.807) is 12.3 Å². The van der Waals surface area contributed by atoms with Gasteiger partial charge in [0, 0.05) is 5.92 Å². The zero-order chi connectivity index (χ0) is 12.0. The summed E-state index contributed by atoms with van der Waals surface area (Å²) in [6, 6.07) is 5.55. The van der Waals surface area contributed by atoms with Crippen LogP contribution in [-0.2, 0) is 9.84 Å². The van der Waals surface area contributed by atoms with Crippen molar-refractivity contribution in [3.8, 4) is 0 Å². The second kappa shape index (κ2) is 3.71. The highest BCUT2D eigenvalue weighted by Gasteiger charge is 2.31. The van der Waals surface area contributed by atoms with Crippen molar-refractivity contribution in [3.05, 3.63) is 35.4 Å². The Morgan fingerprint density at radius 2 is 2.24 bits per heavy atom. The molecule has 3 heterocycles. The molecule has 90 valence electrons. The highest BCUT2D eigenvalue weighted by Crippen LogP contribution is 2.30. The topological polar surface area (TPSA) is 51.4 Å². The number of hydrogen-bond donors (Lipinski definition) is 0. The first-order chi connectivity index (χ1) is 8.07. The Balaban J connectivity index is 2.13. The normalized spacial score (nSPS) is 23.2.